The van der Waals surface area contributed by atoms with Gasteiger partial charge in [-0.2, -0.15) is 0 Å². The molecule has 0 spiro atoms. The van der Waals surface area contributed by atoms with Crippen LogP contribution in [0.2, 0.25) is 10.0 Å². The summed E-state index contributed by atoms with van der Waals surface area (Å²) in [4.78, 5) is 14.1. The second-order valence-electron chi connectivity index (χ2n) is 4.73. The van der Waals surface area contributed by atoms with Crippen LogP contribution in [-0.2, 0) is 16.0 Å². The molecule has 1 amide bonds. The van der Waals surface area contributed by atoms with E-state index >= 15 is 0 Å². The molecule has 1 saturated heterocycles. The highest BCUT2D eigenvalue weighted by Gasteiger charge is 2.22. The van der Waals surface area contributed by atoms with Crippen LogP contribution in [-0.4, -0.2) is 37.1 Å². The van der Waals surface area contributed by atoms with Gasteiger partial charge in [-0.1, -0.05) is 29.3 Å². The summed E-state index contributed by atoms with van der Waals surface area (Å²) >= 11 is 11.9. The molecular formula is C14H17Cl2NO2. The van der Waals surface area contributed by atoms with Crippen molar-refractivity contribution >= 4 is 29.1 Å². The van der Waals surface area contributed by atoms with E-state index in [9.17, 15) is 4.79 Å². The molecule has 0 saturated carbocycles. The first kappa shape index (κ1) is 14.6. The lowest BCUT2D eigenvalue weighted by molar-refractivity contribution is -0.132. The molecule has 2 rings (SSSR count). The van der Waals surface area contributed by atoms with Crippen molar-refractivity contribution in [3.05, 3.63) is 33.8 Å². The van der Waals surface area contributed by atoms with Crippen molar-refractivity contribution in [2.45, 2.75) is 25.4 Å². The number of methoxy groups -OCH3 is 1. The highest BCUT2D eigenvalue weighted by molar-refractivity contribution is 6.35. The summed E-state index contributed by atoms with van der Waals surface area (Å²) in [6.07, 6.45) is 2.41. The number of hydrogen-bond acceptors (Lipinski definition) is 2. The average Bonchev–Trinajstić information content (AvgIpc) is 2.42. The smallest absolute Gasteiger partial charge is 0.227 e. The number of carbonyl (C=O) groups excluding carboxylic acids is 1. The van der Waals surface area contributed by atoms with Gasteiger partial charge < -0.3 is 9.64 Å². The molecule has 104 valence electrons. The monoisotopic (exact) mass is 301 g/mol. The first-order valence-corrected chi connectivity index (χ1v) is 7.10. The molecule has 0 radical (unpaired) electrons. The van der Waals surface area contributed by atoms with E-state index in [0.717, 1.165) is 31.5 Å². The van der Waals surface area contributed by atoms with Crippen molar-refractivity contribution in [3.63, 3.8) is 0 Å². The van der Waals surface area contributed by atoms with Crippen LogP contribution in [0.3, 0.4) is 0 Å². The molecular weight excluding hydrogens is 285 g/mol. The van der Waals surface area contributed by atoms with Gasteiger partial charge in [-0.15, -0.1) is 0 Å². The van der Waals surface area contributed by atoms with Crippen LogP contribution in [0, 0.1) is 0 Å². The minimum Gasteiger partial charge on any atom is -0.381 e. The molecule has 0 aliphatic carbocycles. The Kier molecular flexibility index (Phi) is 5.08. The fourth-order valence-corrected chi connectivity index (χ4v) is 2.76. The molecule has 1 aliphatic rings. The van der Waals surface area contributed by atoms with Crippen molar-refractivity contribution in [3.8, 4) is 0 Å². The maximum Gasteiger partial charge on any atom is 0.227 e. The molecule has 5 heteroatoms. The summed E-state index contributed by atoms with van der Waals surface area (Å²) in [6.45, 7) is 1.51. The molecule has 1 fully saturated rings. The Morgan fingerprint density at radius 3 is 2.63 bits per heavy atom. The SMILES string of the molecule is COC1CCN(C(=O)Cc2ccc(Cl)cc2Cl)CC1. The molecule has 19 heavy (non-hydrogen) atoms. The van der Waals surface area contributed by atoms with Gasteiger partial charge in [0.25, 0.3) is 0 Å². The number of nitrogens with zero attached hydrogens (tertiary/aromatic N) is 1. The number of carbonyl (C=O) groups is 1. The van der Waals surface area contributed by atoms with Crippen LogP contribution in [0.5, 0.6) is 0 Å². The van der Waals surface area contributed by atoms with Crippen LogP contribution >= 0.6 is 23.2 Å². The molecule has 1 heterocycles. The zero-order valence-electron chi connectivity index (χ0n) is 10.9. The average molecular weight is 302 g/mol. The maximum atomic E-state index is 12.2. The fourth-order valence-electron chi connectivity index (χ4n) is 2.28. The van der Waals surface area contributed by atoms with Gasteiger partial charge in [0.1, 0.15) is 0 Å². The topological polar surface area (TPSA) is 29.5 Å². The van der Waals surface area contributed by atoms with Crippen LogP contribution < -0.4 is 0 Å². The van der Waals surface area contributed by atoms with Gasteiger partial charge in [0.05, 0.1) is 12.5 Å². The Morgan fingerprint density at radius 1 is 1.37 bits per heavy atom. The first-order chi connectivity index (χ1) is 9.10. The number of ether oxygens (including phenoxy) is 1. The van der Waals surface area contributed by atoms with Gasteiger partial charge in [-0.05, 0) is 30.5 Å². The van der Waals surface area contributed by atoms with Crippen molar-refractivity contribution < 1.29 is 9.53 Å². The highest BCUT2D eigenvalue weighted by Crippen LogP contribution is 2.22. The molecule has 0 atom stereocenters. The number of halogens is 2. The Morgan fingerprint density at radius 2 is 2.05 bits per heavy atom. The van der Waals surface area contributed by atoms with Gasteiger partial charge in [-0.25, -0.2) is 0 Å². The van der Waals surface area contributed by atoms with Gasteiger partial charge in [0.15, 0.2) is 0 Å². The minimum absolute atomic E-state index is 0.110. The van der Waals surface area contributed by atoms with E-state index < -0.39 is 0 Å². The van der Waals surface area contributed by atoms with Crippen LogP contribution in [0.25, 0.3) is 0 Å². The molecule has 0 unspecified atom stereocenters. The zero-order valence-corrected chi connectivity index (χ0v) is 12.4. The molecule has 0 aromatic heterocycles. The third-order valence-corrected chi connectivity index (χ3v) is 4.07. The first-order valence-electron chi connectivity index (χ1n) is 6.34. The van der Waals surface area contributed by atoms with Crippen LogP contribution in [0.1, 0.15) is 18.4 Å². The van der Waals surface area contributed by atoms with Crippen LogP contribution in [0.15, 0.2) is 18.2 Å². The predicted octanol–water partition coefficient (Wildman–Crippen LogP) is 3.17. The lowest BCUT2D eigenvalue weighted by atomic mass is 10.1. The third-order valence-electron chi connectivity index (χ3n) is 3.48. The molecule has 0 bridgehead atoms. The van der Waals surface area contributed by atoms with Crippen molar-refractivity contribution in [2.75, 3.05) is 20.2 Å². The Bertz CT molecular complexity index is 457. The van der Waals surface area contributed by atoms with Gasteiger partial charge in [0.2, 0.25) is 5.91 Å². The van der Waals surface area contributed by atoms with Gasteiger partial charge in [0, 0.05) is 30.2 Å². The molecule has 1 aromatic rings. The quantitative estimate of drug-likeness (QED) is 0.858. The number of amides is 1. The number of piperidine rings is 1. The lowest BCUT2D eigenvalue weighted by Crippen LogP contribution is -2.41. The number of likely N-dealkylation sites (tertiary alicyclic amines) is 1. The Labute approximate surface area is 123 Å². The largest absolute Gasteiger partial charge is 0.381 e. The normalized spacial score (nSPS) is 16.7. The molecule has 3 nitrogen and oxygen atoms in total. The van der Waals surface area contributed by atoms with Gasteiger partial charge >= 0.3 is 0 Å². The van der Waals surface area contributed by atoms with E-state index in [2.05, 4.69) is 0 Å². The van der Waals surface area contributed by atoms with Gasteiger partial charge in [-0.3, -0.25) is 4.79 Å². The van der Waals surface area contributed by atoms with E-state index in [1.807, 2.05) is 11.0 Å². The maximum absolute atomic E-state index is 12.2. The predicted molar refractivity (Wildman–Crippen MR) is 76.8 cm³/mol. The molecule has 0 N–H and O–H groups in total. The Hall–Kier alpha value is -0.770. The number of hydrogen-bond donors (Lipinski definition) is 0. The summed E-state index contributed by atoms with van der Waals surface area (Å²) in [5, 5.41) is 1.13. The third kappa shape index (κ3) is 3.85. The van der Waals surface area contributed by atoms with E-state index in [1.54, 1.807) is 19.2 Å². The zero-order chi connectivity index (χ0) is 13.8. The summed E-state index contributed by atoms with van der Waals surface area (Å²) in [5.74, 6) is 0.110. The van der Waals surface area contributed by atoms with Crippen molar-refractivity contribution in [1.29, 1.82) is 0 Å². The molecule has 1 aliphatic heterocycles. The summed E-state index contributed by atoms with van der Waals surface area (Å²) in [5.41, 5.74) is 0.824. The second kappa shape index (κ2) is 6.60. The van der Waals surface area contributed by atoms with E-state index in [1.165, 1.54) is 0 Å². The lowest BCUT2D eigenvalue weighted by Gasteiger charge is -2.31. The standard InChI is InChI=1S/C14H17Cl2NO2/c1-19-12-4-6-17(7-5-12)14(18)8-10-2-3-11(15)9-13(10)16/h2-3,9,12H,4-8H2,1H3. The fraction of sp³-hybridized carbons (Fsp3) is 0.500. The second-order valence-corrected chi connectivity index (χ2v) is 5.57. The van der Waals surface area contributed by atoms with E-state index in [-0.39, 0.29) is 12.0 Å². The summed E-state index contributed by atoms with van der Waals surface area (Å²) < 4.78 is 5.30. The van der Waals surface area contributed by atoms with Crippen molar-refractivity contribution in [2.24, 2.45) is 0 Å². The van der Waals surface area contributed by atoms with Crippen molar-refractivity contribution in [1.82, 2.24) is 4.90 Å². The Balaban J connectivity index is 1.94. The number of benzene rings is 1. The minimum atomic E-state index is 0.110. The van der Waals surface area contributed by atoms with Crippen LogP contribution in [0.4, 0.5) is 0 Å². The summed E-state index contributed by atoms with van der Waals surface area (Å²) in [6, 6.07) is 5.24. The van der Waals surface area contributed by atoms with E-state index in [0.29, 0.717) is 16.5 Å². The van der Waals surface area contributed by atoms with E-state index in [4.69, 9.17) is 27.9 Å². The number of rotatable bonds is 3. The summed E-state index contributed by atoms with van der Waals surface area (Å²) in [7, 11) is 1.72. The highest BCUT2D eigenvalue weighted by atomic mass is 35.5. The molecule has 1 aromatic carbocycles.